The molecule has 1 N–H and O–H groups in total. The summed E-state index contributed by atoms with van der Waals surface area (Å²) < 4.78 is 25.9. The highest BCUT2D eigenvalue weighted by atomic mass is 32.1. The number of benzene rings is 2. The molecule has 0 atom stereocenters. The minimum Gasteiger partial charge on any atom is -0.450 e. The zero-order valence-electron chi connectivity index (χ0n) is 19.2. The second kappa shape index (κ2) is 11.8. The molecule has 34 heavy (non-hydrogen) atoms. The maximum absolute atomic E-state index is 13.3. The number of aromatic nitrogens is 1. The molecular formula is C25H29FN4O3S. The second-order valence-electron chi connectivity index (χ2n) is 7.79. The van der Waals surface area contributed by atoms with Gasteiger partial charge >= 0.3 is 6.09 Å². The van der Waals surface area contributed by atoms with Crippen LogP contribution < -0.4 is 15.0 Å². The zero-order chi connectivity index (χ0) is 23.8. The molecule has 0 unspecified atom stereocenters. The molecule has 0 radical (unpaired) electrons. The first-order valence-electron chi connectivity index (χ1n) is 11.5. The first-order valence-corrected chi connectivity index (χ1v) is 12.3. The Morgan fingerprint density at radius 3 is 2.59 bits per heavy atom. The Morgan fingerprint density at radius 2 is 1.88 bits per heavy atom. The number of hydrogen-bond donors (Lipinski definition) is 1. The quantitative estimate of drug-likeness (QED) is 0.476. The highest BCUT2D eigenvalue weighted by molar-refractivity contribution is 7.07. The van der Waals surface area contributed by atoms with Crippen LogP contribution in [0.15, 0.2) is 58.9 Å². The van der Waals surface area contributed by atoms with Crippen molar-refractivity contribution < 1.29 is 18.7 Å². The summed E-state index contributed by atoms with van der Waals surface area (Å²) in [5.74, 6) is -0.288. The molecule has 0 spiro atoms. The molecule has 1 fully saturated rings. The number of nitrogens with one attached hydrogen (secondary N) is 1. The number of alkyl carbamates (subject to hydrolysis) is 1. The molecule has 180 valence electrons. The van der Waals surface area contributed by atoms with E-state index >= 15 is 0 Å². The van der Waals surface area contributed by atoms with Crippen LogP contribution in [0.3, 0.4) is 0 Å². The summed E-state index contributed by atoms with van der Waals surface area (Å²) in [7, 11) is 0. The SMILES string of the molecule is CCOC(=O)NCCCn1c(-c2ccc(N3CCOCC3)cc2)csc1=Nc1ccc(F)cc1. The number of hydrogen-bond acceptors (Lipinski definition) is 6. The van der Waals surface area contributed by atoms with Crippen molar-refractivity contribution in [2.75, 3.05) is 44.4 Å². The van der Waals surface area contributed by atoms with Crippen LogP contribution in [0.2, 0.25) is 0 Å². The standard InChI is InChI=1S/C25H29FN4O3S/c1-2-33-25(31)27-12-3-13-30-23(18-34-24(30)28-21-8-6-20(26)7-9-21)19-4-10-22(11-5-19)29-14-16-32-17-15-29/h4-11,18H,2-3,12-17H2,1H3,(H,27,31). The van der Waals surface area contributed by atoms with Crippen LogP contribution in [-0.4, -0.2) is 50.1 Å². The molecule has 0 bridgehead atoms. The molecule has 7 nitrogen and oxygen atoms in total. The summed E-state index contributed by atoms with van der Waals surface area (Å²) >= 11 is 1.54. The molecule has 4 rings (SSSR count). The molecule has 2 heterocycles. The zero-order valence-corrected chi connectivity index (χ0v) is 20.0. The van der Waals surface area contributed by atoms with Gasteiger partial charge in [0, 0.05) is 37.2 Å². The number of anilines is 1. The van der Waals surface area contributed by atoms with Crippen LogP contribution >= 0.6 is 11.3 Å². The van der Waals surface area contributed by atoms with E-state index in [0.29, 0.717) is 31.8 Å². The molecule has 1 aliphatic heterocycles. The first kappa shape index (κ1) is 24.0. The fourth-order valence-corrected chi connectivity index (χ4v) is 4.72. The fourth-order valence-electron chi connectivity index (χ4n) is 3.77. The van der Waals surface area contributed by atoms with Crippen molar-refractivity contribution in [1.82, 2.24) is 9.88 Å². The Morgan fingerprint density at radius 1 is 1.15 bits per heavy atom. The highest BCUT2D eigenvalue weighted by Gasteiger charge is 2.13. The van der Waals surface area contributed by atoms with Crippen molar-refractivity contribution in [2.24, 2.45) is 4.99 Å². The number of morpholine rings is 1. The van der Waals surface area contributed by atoms with Crippen molar-refractivity contribution in [1.29, 1.82) is 0 Å². The lowest BCUT2D eigenvalue weighted by Gasteiger charge is -2.28. The third kappa shape index (κ3) is 6.24. The Balaban J connectivity index is 1.57. The first-order chi connectivity index (χ1) is 16.6. The summed E-state index contributed by atoms with van der Waals surface area (Å²) in [4.78, 5) is 19.5. The molecule has 0 saturated carbocycles. The van der Waals surface area contributed by atoms with E-state index in [1.54, 1.807) is 19.1 Å². The molecule has 1 amide bonds. The molecule has 1 saturated heterocycles. The summed E-state index contributed by atoms with van der Waals surface area (Å²) in [6, 6.07) is 14.7. The molecule has 1 aliphatic rings. The van der Waals surface area contributed by atoms with Gasteiger partial charge in [-0.3, -0.25) is 0 Å². The van der Waals surface area contributed by atoms with Gasteiger partial charge in [0.25, 0.3) is 0 Å². The minimum absolute atomic E-state index is 0.288. The van der Waals surface area contributed by atoms with Crippen molar-refractivity contribution in [3.8, 4) is 11.3 Å². The summed E-state index contributed by atoms with van der Waals surface area (Å²) in [6.07, 6.45) is 0.304. The normalized spacial score (nSPS) is 14.3. The number of halogens is 1. The maximum Gasteiger partial charge on any atom is 0.407 e. The lowest BCUT2D eigenvalue weighted by molar-refractivity contribution is 0.122. The van der Waals surface area contributed by atoms with E-state index in [-0.39, 0.29) is 5.82 Å². The number of carbonyl (C=O) groups excluding carboxylic acids is 1. The smallest absolute Gasteiger partial charge is 0.407 e. The third-order valence-electron chi connectivity index (χ3n) is 5.49. The predicted octanol–water partition coefficient (Wildman–Crippen LogP) is 4.56. The van der Waals surface area contributed by atoms with E-state index in [1.807, 2.05) is 0 Å². The number of rotatable bonds is 8. The van der Waals surface area contributed by atoms with Crippen molar-refractivity contribution >= 4 is 28.8 Å². The van der Waals surface area contributed by atoms with Gasteiger partial charge in [0.1, 0.15) is 5.82 Å². The lowest BCUT2D eigenvalue weighted by atomic mass is 10.1. The molecular weight excluding hydrogens is 455 g/mol. The number of thiazole rings is 1. The van der Waals surface area contributed by atoms with Gasteiger partial charge in [-0.1, -0.05) is 12.1 Å². The van der Waals surface area contributed by atoms with Crippen LogP contribution in [0.5, 0.6) is 0 Å². The van der Waals surface area contributed by atoms with E-state index in [9.17, 15) is 9.18 Å². The molecule has 0 aliphatic carbocycles. The van der Waals surface area contributed by atoms with Crippen LogP contribution in [-0.2, 0) is 16.0 Å². The summed E-state index contributed by atoms with van der Waals surface area (Å²) in [5, 5.41) is 4.85. The third-order valence-corrected chi connectivity index (χ3v) is 6.36. The van der Waals surface area contributed by atoms with E-state index < -0.39 is 6.09 Å². The van der Waals surface area contributed by atoms with E-state index in [2.05, 4.69) is 44.4 Å². The Labute approximate surface area is 202 Å². The monoisotopic (exact) mass is 484 g/mol. The molecule has 1 aromatic heterocycles. The second-order valence-corrected chi connectivity index (χ2v) is 8.63. The van der Waals surface area contributed by atoms with Gasteiger partial charge in [-0.2, -0.15) is 0 Å². The number of carbonyl (C=O) groups is 1. The van der Waals surface area contributed by atoms with Crippen molar-refractivity contribution in [3.05, 3.63) is 64.5 Å². The van der Waals surface area contributed by atoms with Gasteiger partial charge in [-0.25, -0.2) is 14.2 Å². The van der Waals surface area contributed by atoms with E-state index in [0.717, 1.165) is 42.4 Å². The van der Waals surface area contributed by atoms with Crippen LogP contribution in [0.1, 0.15) is 13.3 Å². The average Bonchev–Trinajstić information content (AvgIpc) is 3.26. The molecule has 3 aromatic rings. The Kier molecular flexibility index (Phi) is 8.32. The van der Waals surface area contributed by atoms with Gasteiger partial charge < -0.3 is 24.3 Å². The van der Waals surface area contributed by atoms with Gasteiger partial charge in [-0.15, -0.1) is 11.3 Å². The van der Waals surface area contributed by atoms with Gasteiger partial charge in [0.2, 0.25) is 0 Å². The summed E-state index contributed by atoms with van der Waals surface area (Å²) in [5.41, 5.74) is 4.02. The Bertz CT molecular complexity index is 1140. The summed E-state index contributed by atoms with van der Waals surface area (Å²) in [6.45, 7) is 6.57. The maximum atomic E-state index is 13.3. The number of amides is 1. The number of ether oxygens (including phenoxy) is 2. The highest BCUT2D eigenvalue weighted by Crippen LogP contribution is 2.25. The molecule has 2 aromatic carbocycles. The van der Waals surface area contributed by atoms with Crippen molar-refractivity contribution in [3.63, 3.8) is 0 Å². The minimum atomic E-state index is -0.409. The Hall–Kier alpha value is -3.17. The largest absolute Gasteiger partial charge is 0.450 e. The van der Waals surface area contributed by atoms with Crippen LogP contribution in [0.4, 0.5) is 20.6 Å². The van der Waals surface area contributed by atoms with Gasteiger partial charge in [0.15, 0.2) is 4.80 Å². The fraction of sp³-hybridized carbons (Fsp3) is 0.360. The predicted molar refractivity (Wildman–Crippen MR) is 132 cm³/mol. The van der Waals surface area contributed by atoms with Crippen molar-refractivity contribution in [2.45, 2.75) is 19.9 Å². The van der Waals surface area contributed by atoms with Gasteiger partial charge in [-0.05, 0) is 55.3 Å². The number of nitrogens with zero attached hydrogens (tertiary/aromatic N) is 3. The lowest BCUT2D eigenvalue weighted by Crippen LogP contribution is -2.36. The average molecular weight is 485 g/mol. The van der Waals surface area contributed by atoms with Crippen LogP contribution in [0, 0.1) is 5.82 Å². The van der Waals surface area contributed by atoms with Crippen LogP contribution in [0.25, 0.3) is 11.3 Å². The topological polar surface area (TPSA) is 68.1 Å². The van der Waals surface area contributed by atoms with E-state index in [4.69, 9.17) is 14.5 Å². The molecule has 9 heteroatoms. The van der Waals surface area contributed by atoms with Gasteiger partial charge in [0.05, 0.1) is 31.2 Å². The van der Waals surface area contributed by atoms with E-state index in [1.165, 1.54) is 29.2 Å².